The maximum absolute atomic E-state index is 12.6. The number of rotatable bonds is 4. The van der Waals surface area contributed by atoms with Gasteiger partial charge in [-0.25, -0.2) is 0 Å². The predicted octanol–water partition coefficient (Wildman–Crippen LogP) is 2.54. The van der Waals surface area contributed by atoms with Crippen LogP contribution in [0.15, 0.2) is 0 Å². The lowest BCUT2D eigenvalue weighted by molar-refractivity contribution is -0.132. The number of nitrogens with two attached hydrogens (primary N) is 1. The molecule has 1 aliphatic carbocycles. The van der Waals surface area contributed by atoms with Gasteiger partial charge in [-0.15, -0.1) is 0 Å². The Morgan fingerprint density at radius 2 is 2.05 bits per heavy atom. The van der Waals surface area contributed by atoms with Gasteiger partial charge in [0.25, 0.3) is 0 Å². The Balaban J connectivity index is 1.90. The minimum absolute atomic E-state index is 0.204. The van der Waals surface area contributed by atoms with Crippen molar-refractivity contribution in [2.45, 2.75) is 57.1 Å². The highest BCUT2D eigenvalue weighted by atomic mass is 32.2. The first-order valence-electron chi connectivity index (χ1n) is 7.62. The Morgan fingerprint density at radius 1 is 1.37 bits per heavy atom. The molecule has 1 atom stereocenters. The van der Waals surface area contributed by atoms with E-state index in [1.165, 1.54) is 18.6 Å². The summed E-state index contributed by atoms with van der Waals surface area (Å²) in [7, 11) is 0. The molecule has 3 N–H and O–H groups in total. The van der Waals surface area contributed by atoms with E-state index in [0.29, 0.717) is 6.54 Å². The van der Waals surface area contributed by atoms with Crippen LogP contribution in [0.2, 0.25) is 0 Å². The first-order chi connectivity index (χ1) is 9.00. The molecule has 0 bridgehead atoms. The van der Waals surface area contributed by atoms with Crippen LogP contribution in [0.5, 0.6) is 0 Å². The molecule has 0 spiro atoms. The fraction of sp³-hybridized carbons (Fsp3) is 0.933. The largest absolute Gasteiger partial charge is 0.354 e. The van der Waals surface area contributed by atoms with E-state index in [4.69, 9.17) is 5.73 Å². The van der Waals surface area contributed by atoms with Gasteiger partial charge in [0, 0.05) is 17.8 Å². The summed E-state index contributed by atoms with van der Waals surface area (Å²) in [4.78, 5) is 12.6. The van der Waals surface area contributed by atoms with Crippen LogP contribution in [0, 0.1) is 11.3 Å². The fourth-order valence-corrected chi connectivity index (χ4v) is 4.51. The molecule has 19 heavy (non-hydrogen) atoms. The molecule has 1 saturated heterocycles. The Hall–Kier alpha value is -0.220. The van der Waals surface area contributed by atoms with Crippen LogP contribution in [0.3, 0.4) is 0 Å². The summed E-state index contributed by atoms with van der Waals surface area (Å²) in [5.74, 6) is 2.18. The summed E-state index contributed by atoms with van der Waals surface area (Å²) >= 11 is 1.99. The third-order valence-corrected chi connectivity index (χ3v) is 6.57. The summed E-state index contributed by atoms with van der Waals surface area (Å²) in [6.07, 6.45) is 6.68. The van der Waals surface area contributed by atoms with Crippen LogP contribution in [0.25, 0.3) is 0 Å². The number of amides is 1. The number of carbonyl (C=O) groups excluding carboxylic acids is 1. The lowest BCUT2D eigenvalue weighted by atomic mass is 9.70. The summed E-state index contributed by atoms with van der Waals surface area (Å²) in [5, 5.41) is 3.20. The van der Waals surface area contributed by atoms with Gasteiger partial charge < -0.3 is 11.1 Å². The number of thioether (sulfide) groups is 1. The molecule has 110 valence electrons. The molecule has 4 heteroatoms. The average Bonchev–Trinajstić information content (AvgIpc) is 2.85. The maximum atomic E-state index is 12.6. The van der Waals surface area contributed by atoms with Crippen molar-refractivity contribution in [1.82, 2.24) is 5.32 Å². The van der Waals surface area contributed by atoms with E-state index in [-0.39, 0.29) is 16.1 Å². The lowest BCUT2D eigenvalue weighted by Gasteiger charge is -2.38. The molecular formula is C15H28N2OS. The molecule has 2 rings (SSSR count). The van der Waals surface area contributed by atoms with Crippen molar-refractivity contribution in [2.24, 2.45) is 17.1 Å². The Morgan fingerprint density at radius 3 is 2.58 bits per heavy atom. The van der Waals surface area contributed by atoms with Gasteiger partial charge in [0.05, 0.1) is 5.41 Å². The van der Waals surface area contributed by atoms with Crippen molar-refractivity contribution in [1.29, 1.82) is 0 Å². The van der Waals surface area contributed by atoms with Crippen LogP contribution in [0.1, 0.15) is 52.4 Å². The van der Waals surface area contributed by atoms with Crippen LogP contribution in [0.4, 0.5) is 0 Å². The first kappa shape index (κ1) is 15.2. The summed E-state index contributed by atoms with van der Waals surface area (Å²) in [6, 6.07) is 0. The molecule has 0 radical (unpaired) electrons. The van der Waals surface area contributed by atoms with E-state index in [2.05, 4.69) is 19.2 Å². The standard InChI is InChI=1S/C15H28N2OS/c1-12-4-7-15(10-16,8-5-12)13(18)17-11-14(2)6-3-9-19-14/h12H,3-11,16H2,1-2H3,(H,17,18). The minimum atomic E-state index is -0.286. The Bertz CT molecular complexity index is 318. The van der Waals surface area contributed by atoms with E-state index in [9.17, 15) is 4.79 Å². The zero-order chi connectivity index (χ0) is 13.9. The van der Waals surface area contributed by atoms with E-state index in [1.807, 2.05) is 11.8 Å². The highest BCUT2D eigenvalue weighted by Crippen LogP contribution is 2.40. The summed E-state index contributed by atoms with van der Waals surface area (Å²) < 4.78 is 0.243. The predicted molar refractivity (Wildman–Crippen MR) is 82.2 cm³/mol. The van der Waals surface area contributed by atoms with Crippen LogP contribution in [-0.2, 0) is 4.79 Å². The van der Waals surface area contributed by atoms with Crippen molar-refractivity contribution < 1.29 is 4.79 Å². The Labute approximate surface area is 121 Å². The normalized spacial score (nSPS) is 39.2. The summed E-state index contributed by atoms with van der Waals surface area (Å²) in [6.45, 7) is 5.83. The van der Waals surface area contributed by atoms with Crippen LogP contribution >= 0.6 is 11.8 Å². The minimum Gasteiger partial charge on any atom is -0.354 e. The molecule has 1 saturated carbocycles. The molecule has 1 aliphatic heterocycles. The maximum Gasteiger partial charge on any atom is 0.227 e. The molecule has 0 aromatic heterocycles. The average molecular weight is 284 g/mol. The van der Waals surface area contributed by atoms with Gasteiger partial charge in [-0.2, -0.15) is 11.8 Å². The van der Waals surface area contributed by atoms with Crippen LogP contribution < -0.4 is 11.1 Å². The SMILES string of the molecule is CC1CCC(CN)(C(=O)NCC2(C)CCCS2)CC1. The second-order valence-corrected chi connectivity index (χ2v) is 8.43. The molecular weight excluding hydrogens is 256 g/mol. The number of nitrogens with one attached hydrogen (secondary N) is 1. The van der Waals surface area contributed by atoms with Crippen molar-refractivity contribution in [3.63, 3.8) is 0 Å². The molecule has 1 amide bonds. The van der Waals surface area contributed by atoms with E-state index < -0.39 is 0 Å². The van der Waals surface area contributed by atoms with Gasteiger partial charge in [0.2, 0.25) is 5.91 Å². The summed E-state index contributed by atoms with van der Waals surface area (Å²) in [5.41, 5.74) is 5.65. The van der Waals surface area contributed by atoms with Gasteiger partial charge in [0.1, 0.15) is 0 Å². The quantitative estimate of drug-likeness (QED) is 0.834. The molecule has 2 aliphatic rings. The monoisotopic (exact) mass is 284 g/mol. The molecule has 1 heterocycles. The first-order valence-corrected chi connectivity index (χ1v) is 8.61. The van der Waals surface area contributed by atoms with Gasteiger partial charge in [-0.05, 0) is 57.1 Å². The van der Waals surface area contributed by atoms with Gasteiger partial charge in [-0.3, -0.25) is 4.79 Å². The Kier molecular flexibility index (Phi) is 4.83. The number of hydrogen-bond acceptors (Lipinski definition) is 3. The third kappa shape index (κ3) is 3.46. The molecule has 2 fully saturated rings. The van der Waals surface area contributed by atoms with Crippen molar-refractivity contribution in [3.05, 3.63) is 0 Å². The zero-order valence-corrected chi connectivity index (χ0v) is 13.2. The second-order valence-electron chi connectivity index (χ2n) is 6.75. The molecule has 3 nitrogen and oxygen atoms in total. The zero-order valence-electron chi connectivity index (χ0n) is 12.3. The molecule has 0 aromatic carbocycles. The van der Waals surface area contributed by atoms with Crippen molar-refractivity contribution in [3.8, 4) is 0 Å². The van der Waals surface area contributed by atoms with E-state index in [0.717, 1.165) is 38.1 Å². The van der Waals surface area contributed by atoms with E-state index >= 15 is 0 Å². The number of carbonyl (C=O) groups is 1. The lowest BCUT2D eigenvalue weighted by Crippen LogP contribution is -2.50. The molecule has 1 unspecified atom stereocenters. The smallest absolute Gasteiger partial charge is 0.227 e. The van der Waals surface area contributed by atoms with Crippen molar-refractivity contribution in [2.75, 3.05) is 18.8 Å². The highest BCUT2D eigenvalue weighted by Gasteiger charge is 2.40. The van der Waals surface area contributed by atoms with Gasteiger partial charge >= 0.3 is 0 Å². The van der Waals surface area contributed by atoms with Crippen LogP contribution in [-0.4, -0.2) is 29.5 Å². The second kappa shape index (κ2) is 6.04. The van der Waals surface area contributed by atoms with Gasteiger partial charge in [-0.1, -0.05) is 6.92 Å². The topological polar surface area (TPSA) is 55.1 Å². The number of hydrogen-bond donors (Lipinski definition) is 2. The highest BCUT2D eigenvalue weighted by molar-refractivity contribution is 8.00. The fourth-order valence-electron chi connectivity index (χ4n) is 3.27. The molecule has 0 aromatic rings. The van der Waals surface area contributed by atoms with E-state index in [1.54, 1.807) is 0 Å². The van der Waals surface area contributed by atoms with Crippen molar-refractivity contribution >= 4 is 17.7 Å². The van der Waals surface area contributed by atoms with Gasteiger partial charge in [0.15, 0.2) is 0 Å². The third-order valence-electron chi connectivity index (χ3n) is 5.03.